The van der Waals surface area contributed by atoms with Crippen LogP contribution in [-0.2, 0) is 0 Å². The first-order valence-electron chi connectivity index (χ1n) is 6.47. The van der Waals surface area contributed by atoms with Gasteiger partial charge < -0.3 is 10.1 Å². The summed E-state index contributed by atoms with van der Waals surface area (Å²) in [5.74, 6) is -0.523. The third-order valence-electron chi connectivity index (χ3n) is 3.12. The lowest BCUT2D eigenvalue weighted by atomic mass is 10.0. The lowest BCUT2D eigenvalue weighted by molar-refractivity contribution is 0.0684. The number of hydrogen-bond donors (Lipinski definition) is 2. The molecule has 21 heavy (non-hydrogen) atoms. The lowest BCUT2D eigenvalue weighted by Gasteiger charge is -2.05. The summed E-state index contributed by atoms with van der Waals surface area (Å²) < 4.78 is 0. The topological polar surface area (TPSA) is 105 Å². The van der Waals surface area contributed by atoms with Crippen LogP contribution in [0.25, 0.3) is 22.7 Å². The van der Waals surface area contributed by atoms with E-state index in [1.54, 1.807) is 6.20 Å². The Bertz CT molecular complexity index is 825. The summed E-state index contributed by atoms with van der Waals surface area (Å²) in [6.07, 6.45) is 3.14. The quantitative estimate of drug-likeness (QED) is 0.763. The van der Waals surface area contributed by atoms with Gasteiger partial charge in [-0.1, -0.05) is 13.8 Å². The van der Waals surface area contributed by atoms with E-state index in [4.69, 9.17) is 5.11 Å². The average Bonchev–Trinajstić information content (AvgIpc) is 2.90. The third-order valence-corrected chi connectivity index (χ3v) is 3.12. The van der Waals surface area contributed by atoms with Gasteiger partial charge in [0.15, 0.2) is 11.5 Å². The number of nitrogens with zero attached hydrogens (tertiary/aromatic N) is 4. The van der Waals surface area contributed by atoms with Gasteiger partial charge >= 0.3 is 5.97 Å². The minimum Gasteiger partial charge on any atom is -0.475 e. The second-order valence-corrected chi connectivity index (χ2v) is 4.95. The van der Waals surface area contributed by atoms with Crippen LogP contribution in [0, 0.1) is 0 Å². The summed E-state index contributed by atoms with van der Waals surface area (Å²) in [5, 5.41) is 8.89. The number of nitrogens with one attached hydrogen (secondary N) is 1. The Morgan fingerprint density at radius 1 is 1.29 bits per heavy atom. The SMILES string of the molecule is CC(C)c1ccnc(-c2nc3nc(C(=O)O)ncc3[nH]2)c1. The maximum Gasteiger partial charge on any atom is 0.374 e. The van der Waals surface area contributed by atoms with Crippen molar-refractivity contribution < 1.29 is 9.90 Å². The lowest BCUT2D eigenvalue weighted by Crippen LogP contribution is -2.03. The number of aromatic nitrogens is 5. The van der Waals surface area contributed by atoms with Crippen LogP contribution in [0.4, 0.5) is 0 Å². The summed E-state index contributed by atoms with van der Waals surface area (Å²) in [4.78, 5) is 30.2. The zero-order valence-corrected chi connectivity index (χ0v) is 11.5. The van der Waals surface area contributed by atoms with Crippen LogP contribution in [0.15, 0.2) is 24.5 Å². The molecule has 0 bridgehead atoms. The van der Waals surface area contributed by atoms with Crippen LogP contribution in [0.1, 0.15) is 35.9 Å². The number of carboxylic acid groups (broad SMARTS) is 1. The van der Waals surface area contributed by atoms with Gasteiger partial charge in [-0.25, -0.2) is 19.7 Å². The van der Waals surface area contributed by atoms with Crippen molar-refractivity contribution in [3.05, 3.63) is 35.9 Å². The molecule has 0 aromatic carbocycles. The molecular formula is C14H13N5O2. The fourth-order valence-corrected chi connectivity index (χ4v) is 1.97. The molecule has 0 unspecified atom stereocenters. The maximum atomic E-state index is 10.9. The second kappa shape index (κ2) is 4.93. The Balaban J connectivity index is 2.08. The Hall–Kier alpha value is -2.83. The zero-order chi connectivity index (χ0) is 15.0. The van der Waals surface area contributed by atoms with Gasteiger partial charge in [0.1, 0.15) is 11.2 Å². The molecule has 7 nitrogen and oxygen atoms in total. The monoisotopic (exact) mass is 283 g/mol. The van der Waals surface area contributed by atoms with Crippen molar-refractivity contribution >= 4 is 17.1 Å². The van der Waals surface area contributed by atoms with Crippen molar-refractivity contribution in [3.8, 4) is 11.5 Å². The minimum absolute atomic E-state index is 0.274. The van der Waals surface area contributed by atoms with Crippen LogP contribution in [0.5, 0.6) is 0 Å². The van der Waals surface area contributed by atoms with Gasteiger partial charge in [-0.3, -0.25) is 4.98 Å². The smallest absolute Gasteiger partial charge is 0.374 e. The summed E-state index contributed by atoms with van der Waals surface area (Å²) in [6.45, 7) is 4.20. The van der Waals surface area contributed by atoms with E-state index in [9.17, 15) is 4.79 Å². The molecule has 0 aliphatic carbocycles. The molecule has 3 aromatic rings. The molecule has 2 N–H and O–H groups in total. The van der Waals surface area contributed by atoms with Crippen LogP contribution in [0.3, 0.4) is 0 Å². The van der Waals surface area contributed by atoms with E-state index in [1.165, 1.54) is 6.20 Å². The van der Waals surface area contributed by atoms with Crippen molar-refractivity contribution in [1.29, 1.82) is 0 Å². The highest BCUT2D eigenvalue weighted by Gasteiger charge is 2.13. The first kappa shape index (κ1) is 13.2. The highest BCUT2D eigenvalue weighted by Crippen LogP contribution is 2.21. The molecule has 0 atom stereocenters. The van der Waals surface area contributed by atoms with Gasteiger partial charge in [-0.2, -0.15) is 0 Å². The van der Waals surface area contributed by atoms with E-state index in [0.717, 1.165) is 5.56 Å². The minimum atomic E-state index is -1.18. The molecule has 3 aromatic heterocycles. The van der Waals surface area contributed by atoms with Crippen molar-refractivity contribution in [3.63, 3.8) is 0 Å². The predicted octanol–water partition coefficient (Wildman–Crippen LogP) is 2.24. The second-order valence-electron chi connectivity index (χ2n) is 4.95. The van der Waals surface area contributed by atoms with Gasteiger partial charge in [0, 0.05) is 6.20 Å². The number of aromatic amines is 1. The Kier molecular flexibility index (Phi) is 3.09. The number of fused-ring (bicyclic) bond motifs is 1. The van der Waals surface area contributed by atoms with E-state index in [-0.39, 0.29) is 5.82 Å². The first-order chi connectivity index (χ1) is 10.0. The molecule has 0 amide bonds. The third kappa shape index (κ3) is 2.45. The molecule has 3 heterocycles. The number of imidazole rings is 1. The molecule has 0 aliphatic rings. The van der Waals surface area contributed by atoms with Crippen molar-refractivity contribution in [2.24, 2.45) is 0 Å². The number of hydrogen-bond acceptors (Lipinski definition) is 5. The number of rotatable bonds is 3. The normalized spacial score (nSPS) is 11.2. The molecule has 0 saturated carbocycles. The highest BCUT2D eigenvalue weighted by atomic mass is 16.4. The van der Waals surface area contributed by atoms with Crippen molar-refractivity contribution in [1.82, 2.24) is 24.9 Å². The molecular weight excluding hydrogens is 270 g/mol. The van der Waals surface area contributed by atoms with Crippen LogP contribution < -0.4 is 0 Å². The van der Waals surface area contributed by atoms with Gasteiger partial charge in [-0.05, 0) is 23.6 Å². The Morgan fingerprint density at radius 3 is 2.81 bits per heavy atom. The van der Waals surface area contributed by atoms with Crippen molar-refractivity contribution in [2.75, 3.05) is 0 Å². The van der Waals surface area contributed by atoms with Gasteiger partial charge in [-0.15, -0.1) is 0 Å². The molecule has 0 saturated heterocycles. The molecule has 7 heteroatoms. The van der Waals surface area contributed by atoms with Gasteiger partial charge in [0.05, 0.1) is 6.20 Å². The van der Waals surface area contributed by atoms with Gasteiger partial charge in [0.2, 0.25) is 5.82 Å². The fourth-order valence-electron chi connectivity index (χ4n) is 1.97. The molecule has 0 aliphatic heterocycles. The molecule has 0 spiro atoms. The summed E-state index contributed by atoms with van der Waals surface area (Å²) in [6, 6.07) is 3.91. The van der Waals surface area contributed by atoms with Crippen LogP contribution >= 0.6 is 0 Å². The average molecular weight is 283 g/mol. The van der Waals surface area contributed by atoms with E-state index in [1.807, 2.05) is 12.1 Å². The number of aromatic carboxylic acids is 1. The summed E-state index contributed by atoms with van der Waals surface area (Å²) in [5.41, 5.74) is 2.73. The number of pyridine rings is 1. The highest BCUT2D eigenvalue weighted by molar-refractivity contribution is 5.86. The Labute approximate surface area is 120 Å². The molecule has 0 radical (unpaired) electrons. The standard InChI is InChI=1S/C14H13N5O2/c1-7(2)8-3-4-15-9(5-8)11-17-10-6-16-13(14(20)21)19-12(10)18-11/h3-7H,1-2H3,(H,20,21)(H,16,17,18,19). The fraction of sp³-hybridized carbons (Fsp3) is 0.214. The number of carboxylic acids is 1. The Morgan fingerprint density at radius 2 is 2.10 bits per heavy atom. The van der Waals surface area contributed by atoms with Gasteiger partial charge in [0.25, 0.3) is 0 Å². The van der Waals surface area contributed by atoms with E-state index >= 15 is 0 Å². The van der Waals surface area contributed by atoms with Crippen molar-refractivity contribution in [2.45, 2.75) is 19.8 Å². The maximum absolute atomic E-state index is 10.9. The molecule has 3 rings (SSSR count). The van der Waals surface area contributed by atoms with E-state index in [2.05, 4.69) is 38.8 Å². The first-order valence-corrected chi connectivity index (χ1v) is 6.47. The van der Waals surface area contributed by atoms with Crippen LogP contribution in [-0.4, -0.2) is 36.0 Å². The van der Waals surface area contributed by atoms with E-state index < -0.39 is 5.97 Å². The molecule has 106 valence electrons. The van der Waals surface area contributed by atoms with Crippen LogP contribution in [0.2, 0.25) is 0 Å². The number of H-pyrrole nitrogens is 1. The summed E-state index contributed by atoms with van der Waals surface area (Å²) >= 11 is 0. The predicted molar refractivity (Wildman–Crippen MR) is 76.0 cm³/mol. The largest absolute Gasteiger partial charge is 0.475 e. The number of carbonyl (C=O) groups is 1. The summed E-state index contributed by atoms with van der Waals surface area (Å²) in [7, 11) is 0. The zero-order valence-electron chi connectivity index (χ0n) is 11.5. The van der Waals surface area contributed by atoms with E-state index in [0.29, 0.717) is 28.6 Å². The molecule has 0 fully saturated rings.